The molecule has 0 aliphatic carbocycles. The molecule has 0 saturated carbocycles. The van der Waals surface area contributed by atoms with E-state index in [9.17, 15) is 22.8 Å². The molecule has 2 aliphatic heterocycles. The van der Waals surface area contributed by atoms with Gasteiger partial charge in [-0.1, -0.05) is 6.92 Å². The van der Waals surface area contributed by atoms with E-state index in [1.54, 1.807) is 27.7 Å². The van der Waals surface area contributed by atoms with Gasteiger partial charge >= 0.3 is 12.3 Å². The molecule has 2 aliphatic rings. The molecule has 12 heteroatoms. The molecule has 0 unspecified atom stereocenters. The minimum Gasteiger partial charge on any atom is -0.444 e. The molecule has 0 bridgehead atoms. The monoisotopic (exact) mass is 501 g/mol. The summed E-state index contributed by atoms with van der Waals surface area (Å²) < 4.78 is 49.3. The first-order chi connectivity index (χ1) is 16.2. The first kappa shape index (κ1) is 27.0. The van der Waals surface area contributed by atoms with Gasteiger partial charge in [-0.25, -0.2) is 14.8 Å². The van der Waals surface area contributed by atoms with Crippen LogP contribution in [0.1, 0.15) is 53.0 Å². The van der Waals surface area contributed by atoms with Crippen molar-refractivity contribution in [3.8, 4) is 0 Å². The van der Waals surface area contributed by atoms with Gasteiger partial charge in [0.2, 0.25) is 5.95 Å². The molecule has 0 spiro atoms. The number of carbonyl (C=O) groups is 2. The quantitative estimate of drug-likeness (QED) is 0.639. The van der Waals surface area contributed by atoms with Crippen LogP contribution in [0.3, 0.4) is 0 Å². The van der Waals surface area contributed by atoms with Crippen molar-refractivity contribution >= 4 is 17.9 Å². The molecule has 0 radical (unpaired) electrons. The first-order valence-electron chi connectivity index (χ1n) is 11.8. The number of amides is 2. The highest BCUT2D eigenvalue weighted by atomic mass is 19.4. The van der Waals surface area contributed by atoms with Crippen LogP contribution in [0.15, 0.2) is 12.4 Å². The molecular formula is C23H34F3N5O4. The minimum absolute atomic E-state index is 0.000824. The molecular weight excluding hydrogens is 467 g/mol. The molecule has 9 nitrogen and oxygen atoms in total. The second kappa shape index (κ2) is 10.5. The second-order valence-corrected chi connectivity index (χ2v) is 10.2. The fourth-order valence-electron chi connectivity index (χ4n) is 4.38. The van der Waals surface area contributed by atoms with Crippen molar-refractivity contribution in [1.82, 2.24) is 20.2 Å². The molecule has 2 amide bonds. The van der Waals surface area contributed by atoms with Gasteiger partial charge in [-0.3, -0.25) is 4.79 Å². The number of halogens is 3. The number of aromatic nitrogens is 2. The van der Waals surface area contributed by atoms with Crippen LogP contribution >= 0.6 is 0 Å². The van der Waals surface area contributed by atoms with Gasteiger partial charge in [-0.2, -0.15) is 13.2 Å². The highest BCUT2D eigenvalue weighted by Crippen LogP contribution is 2.31. The van der Waals surface area contributed by atoms with Gasteiger partial charge in [0.15, 0.2) is 0 Å². The van der Waals surface area contributed by atoms with Gasteiger partial charge in [-0.05, 0) is 40.0 Å². The fraction of sp³-hybridized carbons (Fsp3) is 0.739. The van der Waals surface area contributed by atoms with Crippen LogP contribution in [0.4, 0.5) is 23.9 Å². The van der Waals surface area contributed by atoms with Crippen LogP contribution in [-0.2, 0) is 20.4 Å². The van der Waals surface area contributed by atoms with Crippen molar-refractivity contribution in [2.24, 2.45) is 5.92 Å². The van der Waals surface area contributed by atoms with Gasteiger partial charge in [0.25, 0.3) is 5.91 Å². The van der Waals surface area contributed by atoms with E-state index in [1.165, 1.54) is 0 Å². The standard InChI is InChI=1S/C23H34F3N5O4/c1-14-12-30(20-27-10-16(11-28-20)23(24,25)26)8-6-17(14)31-9-7-18(19(31)32)34-13-15(2)29-21(33)35-22(3,4)5/h10-11,14-15,17-18H,6-9,12-13H2,1-5H3,(H,29,33)/t14-,15+,17+,18-/m1/s1. The maximum absolute atomic E-state index is 13.0. The Balaban J connectivity index is 1.48. The Morgan fingerprint density at radius 2 is 1.86 bits per heavy atom. The SMILES string of the molecule is C[C@@H]1CN(c2ncc(C(F)(F)F)cn2)CC[C@@H]1N1CC[C@@H](OC[C@H](C)NC(=O)OC(C)(C)C)C1=O. The van der Waals surface area contributed by atoms with E-state index in [2.05, 4.69) is 15.3 Å². The fourth-order valence-corrected chi connectivity index (χ4v) is 4.38. The Labute approximate surface area is 203 Å². The minimum atomic E-state index is -4.48. The molecule has 3 heterocycles. The number of hydrogen-bond acceptors (Lipinski definition) is 7. The van der Waals surface area contributed by atoms with Crippen molar-refractivity contribution in [2.75, 3.05) is 31.1 Å². The molecule has 4 atom stereocenters. The molecule has 1 N–H and O–H groups in total. The van der Waals surface area contributed by atoms with Crippen molar-refractivity contribution in [3.05, 3.63) is 18.0 Å². The summed E-state index contributed by atoms with van der Waals surface area (Å²) in [6.07, 6.45) is -2.77. The Morgan fingerprint density at radius 3 is 2.43 bits per heavy atom. The van der Waals surface area contributed by atoms with Crippen LogP contribution in [-0.4, -0.2) is 76.9 Å². The number of ether oxygens (including phenoxy) is 2. The van der Waals surface area contributed by atoms with Crippen molar-refractivity contribution in [2.45, 2.75) is 77.4 Å². The summed E-state index contributed by atoms with van der Waals surface area (Å²) in [5.41, 5.74) is -1.48. The van der Waals surface area contributed by atoms with E-state index in [0.717, 1.165) is 12.4 Å². The van der Waals surface area contributed by atoms with Gasteiger partial charge in [-0.15, -0.1) is 0 Å². The van der Waals surface area contributed by atoms with E-state index >= 15 is 0 Å². The van der Waals surface area contributed by atoms with E-state index in [-0.39, 0.29) is 36.5 Å². The van der Waals surface area contributed by atoms with Crippen molar-refractivity contribution in [3.63, 3.8) is 0 Å². The van der Waals surface area contributed by atoms with Crippen LogP contribution < -0.4 is 10.2 Å². The number of nitrogens with zero attached hydrogens (tertiary/aromatic N) is 4. The zero-order chi connectivity index (χ0) is 26.0. The van der Waals surface area contributed by atoms with Gasteiger partial charge in [0, 0.05) is 44.5 Å². The van der Waals surface area contributed by atoms with E-state index < -0.39 is 29.5 Å². The lowest BCUT2D eigenvalue weighted by Crippen LogP contribution is -2.52. The third-order valence-corrected chi connectivity index (χ3v) is 6.01. The molecule has 2 saturated heterocycles. The largest absolute Gasteiger partial charge is 0.444 e. The molecule has 2 fully saturated rings. The zero-order valence-electron chi connectivity index (χ0n) is 20.8. The predicted octanol–water partition coefficient (Wildman–Crippen LogP) is 3.24. The summed E-state index contributed by atoms with van der Waals surface area (Å²) in [6, 6.07) is -0.322. The summed E-state index contributed by atoms with van der Waals surface area (Å²) in [5, 5.41) is 2.70. The van der Waals surface area contributed by atoms with E-state index in [1.807, 2.05) is 16.7 Å². The average Bonchev–Trinajstić information content (AvgIpc) is 3.10. The summed E-state index contributed by atoms with van der Waals surface area (Å²) >= 11 is 0. The van der Waals surface area contributed by atoms with Crippen LogP contribution in [0, 0.1) is 5.92 Å². The lowest BCUT2D eigenvalue weighted by atomic mass is 9.92. The summed E-state index contributed by atoms with van der Waals surface area (Å²) in [7, 11) is 0. The molecule has 35 heavy (non-hydrogen) atoms. The number of alkyl carbamates (subject to hydrolysis) is 1. The lowest BCUT2D eigenvalue weighted by Gasteiger charge is -2.41. The normalized spacial score (nSPS) is 24.5. The third kappa shape index (κ3) is 7.18. The second-order valence-electron chi connectivity index (χ2n) is 10.2. The molecule has 3 rings (SSSR count). The summed E-state index contributed by atoms with van der Waals surface area (Å²) in [6.45, 7) is 10.9. The summed E-state index contributed by atoms with van der Waals surface area (Å²) in [5.74, 6) is 0.249. The average molecular weight is 502 g/mol. The van der Waals surface area contributed by atoms with Gasteiger partial charge in [0.1, 0.15) is 11.7 Å². The number of piperidine rings is 1. The number of carbonyl (C=O) groups excluding carboxylic acids is 2. The van der Waals surface area contributed by atoms with Gasteiger partial charge < -0.3 is 24.6 Å². The van der Waals surface area contributed by atoms with Crippen LogP contribution in [0.2, 0.25) is 0 Å². The maximum Gasteiger partial charge on any atom is 0.419 e. The Bertz CT molecular complexity index is 891. The molecule has 1 aromatic rings. The molecule has 196 valence electrons. The maximum atomic E-state index is 13.0. The number of hydrogen-bond donors (Lipinski definition) is 1. The number of likely N-dealkylation sites (tertiary alicyclic amines) is 1. The predicted molar refractivity (Wildman–Crippen MR) is 122 cm³/mol. The lowest BCUT2D eigenvalue weighted by molar-refractivity contribution is -0.140. The smallest absolute Gasteiger partial charge is 0.419 e. The van der Waals surface area contributed by atoms with E-state index in [0.29, 0.717) is 32.5 Å². The van der Waals surface area contributed by atoms with Crippen molar-refractivity contribution < 1.29 is 32.2 Å². The van der Waals surface area contributed by atoms with Gasteiger partial charge in [0.05, 0.1) is 18.2 Å². The van der Waals surface area contributed by atoms with Crippen LogP contribution in [0.25, 0.3) is 0 Å². The number of anilines is 1. The van der Waals surface area contributed by atoms with E-state index in [4.69, 9.17) is 9.47 Å². The molecule has 1 aromatic heterocycles. The Hall–Kier alpha value is -2.63. The third-order valence-electron chi connectivity index (χ3n) is 6.01. The summed E-state index contributed by atoms with van der Waals surface area (Å²) in [4.78, 5) is 36.4. The number of nitrogens with one attached hydrogen (secondary N) is 1. The zero-order valence-corrected chi connectivity index (χ0v) is 20.8. The first-order valence-corrected chi connectivity index (χ1v) is 11.8. The Morgan fingerprint density at radius 1 is 1.20 bits per heavy atom. The Kier molecular flexibility index (Phi) is 8.13. The molecule has 0 aromatic carbocycles. The highest BCUT2D eigenvalue weighted by molar-refractivity contribution is 5.83. The number of rotatable bonds is 6. The number of alkyl halides is 3. The van der Waals surface area contributed by atoms with Crippen LogP contribution in [0.5, 0.6) is 0 Å². The topological polar surface area (TPSA) is 96.9 Å². The highest BCUT2D eigenvalue weighted by Gasteiger charge is 2.41. The van der Waals surface area contributed by atoms with Crippen molar-refractivity contribution in [1.29, 1.82) is 0 Å².